The van der Waals surface area contributed by atoms with Gasteiger partial charge in [-0.25, -0.2) is 10.0 Å². The molecule has 4 nitrogen and oxygen atoms in total. The topological polar surface area (TPSA) is 22.1 Å². The van der Waals surface area contributed by atoms with Crippen LogP contribution in [0.4, 0.5) is 0 Å². The number of hydrogen-bond donors (Lipinski definition) is 0. The van der Waals surface area contributed by atoms with E-state index in [9.17, 15) is 0 Å². The van der Waals surface area contributed by atoms with E-state index in [0.29, 0.717) is 0 Å². The van der Waals surface area contributed by atoms with Crippen LogP contribution in [-0.2, 0) is 0 Å². The third-order valence-corrected chi connectivity index (χ3v) is 2.22. The van der Waals surface area contributed by atoms with Gasteiger partial charge in [0.1, 0.15) is 0 Å². The molecule has 4 heteroatoms. The molecule has 0 unspecified atom stereocenters. The lowest BCUT2D eigenvalue weighted by Gasteiger charge is -2.32. The van der Waals surface area contributed by atoms with Crippen molar-refractivity contribution in [2.45, 2.75) is 12.8 Å². The first kappa shape index (κ1) is 10.5. The Kier molecular flexibility index (Phi) is 3.69. The maximum absolute atomic E-state index is 4.43. The van der Waals surface area contributed by atoms with Crippen LogP contribution in [0.15, 0.2) is 5.10 Å². The highest BCUT2D eigenvalue weighted by atomic mass is 15.6. The van der Waals surface area contributed by atoms with Crippen LogP contribution in [0.3, 0.4) is 0 Å². The fourth-order valence-corrected chi connectivity index (χ4v) is 1.54. The van der Waals surface area contributed by atoms with Crippen molar-refractivity contribution in [3.8, 4) is 0 Å². The van der Waals surface area contributed by atoms with Gasteiger partial charge < -0.3 is 5.01 Å². The molecule has 1 fully saturated rings. The summed E-state index contributed by atoms with van der Waals surface area (Å²) >= 11 is 0. The third-order valence-electron chi connectivity index (χ3n) is 2.22. The number of rotatable bonds is 2. The molecule has 0 saturated carbocycles. The molecule has 0 N–H and O–H groups in total. The lowest BCUT2D eigenvalue weighted by molar-refractivity contribution is 0.0245. The van der Waals surface area contributed by atoms with Gasteiger partial charge in [0.15, 0.2) is 0 Å². The number of piperidine rings is 1. The molecule has 0 bridgehead atoms. The molecule has 0 aromatic carbocycles. The van der Waals surface area contributed by atoms with E-state index >= 15 is 0 Å². The van der Waals surface area contributed by atoms with Crippen LogP contribution in [0.1, 0.15) is 12.8 Å². The highest BCUT2D eigenvalue weighted by molar-refractivity contribution is 5.85. The minimum absolute atomic E-state index is 1.09. The van der Waals surface area contributed by atoms with E-state index in [-0.39, 0.29) is 0 Å². The van der Waals surface area contributed by atoms with E-state index < -0.39 is 0 Å². The van der Waals surface area contributed by atoms with Gasteiger partial charge in [0.2, 0.25) is 0 Å². The van der Waals surface area contributed by atoms with Crippen molar-refractivity contribution < 1.29 is 0 Å². The molecule has 1 heterocycles. The summed E-state index contributed by atoms with van der Waals surface area (Å²) in [4.78, 5) is 0. The lowest BCUT2D eigenvalue weighted by Crippen LogP contribution is -2.43. The third kappa shape index (κ3) is 3.32. The molecule has 0 aromatic rings. The van der Waals surface area contributed by atoms with Crippen molar-refractivity contribution in [2.75, 3.05) is 41.3 Å². The second-order valence-electron chi connectivity index (χ2n) is 3.81. The second-order valence-corrected chi connectivity index (χ2v) is 3.81. The number of nitrogens with zero attached hydrogens (tertiary/aromatic N) is 4. The Bertz CT molecular complexity index is 176. The number of hydrogen-bond acceptors (Lipinski definition) is 4. The van der Waals surface area contributed by atoms with Crippen molar-refractivity contribution in [1.29, 1.82) is 0 Å². The minimum atomic E-state index is 1.09. The predicted molar refractivity (Wildman–Crippen MR) is 55.6 cm³/mol. The Morgan fingerprint density at radius 1 is 1.08 bits per heavy atom. The van der Waals surface area contributed by atoms with Gasteiger partial charge >= 0.3 is 0 Å². The highest BCUT2D eigenvalue weighted by Gasteiger charge is 2.16. The number of hydrazone groups is 1. The minimum Gasteiger partial charge on any atom is -0.303 e. The van der Waals surface area contributed by atoms with E-state index in [4.69, 9.17) is 0 Å². The Labute approximate surface area is 80.8 Å². The van der Waals surface area contributed by atoms with Crippen LogP contribution >= 0.6 is 0 Å². The van der Waals surface area contributed by atoms with E-state index in [0.717, 1.165) is 25.9 Å². The first-order chi connectivity index (χ1) is 6.09. The molecule has 1 rings (SSSR count). The largest absolute Gasteiger partial charge is 0.303 e. The first-order valence-corrected chi connectivity index (χ1v) is 4.75. The molecule has 0 aromatic heterocycles. The standard InChI is InChI=1S/C9H20N4/c1-11(2)10-9-5-7-13(8-6-9)12(3)4/h5-8H2,1-4H3. The van der Waals surface area contributed by atoms with Gasteiger partial charge in [-0.2, -0.15) is 5.10 Å². The number of hydrazine groups is 1. The molecule has 0 radical (unpaired) electrons. The molecule has 0 amide bonds. The maximum atomic E-state index is 4.43. The fourth-order valence-electron chi connectivity index (χ4n) is 1.54. The average molecular weight is 184 g/mol. The van der Waals surface area contributed by atoms with Gasteiger partial charge in [0.05, 0.1) is 0 Å². The highest BCUT2D eigenvalue weighted by Crippen LogP contribution is 2.08. The van der Waals surface area contributed by atoms with Crippen LogP contribution in [0, 0.1) is 0 Å². The van der Waals surface area contributed by atoms with E-state index in [1.54, 1.807) is 0 Å². The van der Waals surface area contributed by atoms with Gasteiger partial charge in [-0.15, -0.1) is 0 Å². The zero-order chi connectivity index (χ0) is 9.84. The fraction of sp³-hybridized carbons (Fsp3) is 0.889. The van der Waals surface area contributed by atoms with Crippen LogP contribution in [-0.4, -0.2) is 62.0 Å². The molecule has 13 heavy (non-hydrogen) atoms. The molecule has 0 aliphatic carbocycles. The molecule has 0 atom stereocenters. The Morgan fingerprint density at radius 3 is 2.00 bits per heavy atom. The summed E-state index contributed by atoms with van der Waals surface area (Å²) in [6.45, 7) is 2.19. The average Bonchev–Trinajstić information content (AvgIpc) is 2.04. The van der Waals surface area contributed by atoms with Gasteiger partial charge in [-0.05, 0) is 0 Å². The smallest absolute Gasteiger partial charge is 0.0407 e. The monoisotopic (exact) mass is 184 g/mol. The van der Waals surface area contributed by atoms with Gasteiger partial charge in [-0.3, -0.25) is 0 Å². The zero-order valence-corrected chi connectivity index (χ0v) is 9.12. The van der Waals surface area contributed by atoms with Crippen molar-refractivity contribution >= 4 is 5.71 Å². The first-order valence-electron chi connectivity index (χ1n) is 4.75. The van der Waals surface area contributed by atoms with Crippen molar-refractivity contribution in [3.63, 3.8) is 0 Å². The van der Waals surface area contributed by atoms with Gasteiger partial charge in [-0.1, -0.05) is 0 Å². The lowest BCUT2D eigenvalue weighted by atomic mass is 10.1. The zero-order valence-electron chi connectivity index (χ0n) is 9.12. The van der Waals surface area contributed by atoms with E-state index in [1.807, 2.05) is 19.1 Å². The summed E-state index contributed by atoms with van der Waals surface area (Å²) in [5.74, 6) is 0. The molecular weight excluding hydrogens is 164 g/mol. The summed E-state index contributed by atoms with van der Waals surface area (Å²) in [5, 5.41) is 10.8. The van der Waals surface area contributed by atoms with Crippen LogP contribution < -0.4 is 0 Å². The Balaban J connectivity index is 2.39. The maximum Gasteiger partial charge on any atom is 0.0407 e. The van der Waals surface area contributed by atoms with Crippen molar-refractivity contribution in [1.82, 2.24) is 15.0 Å². The Morgan fingerprint density at radius 2 is 1.62 bits per heavy atom. The summed E-state index contributed by atoms with van der Waals surface area (Å²) in [6, 6.07) is 0. The Hall–Kier alpha value is -0.610. The normalized spacial score (nSPS) is 19.3. The summed E-state index contributed by atoms with van der Waals surface area (Å²) < 4.78 is 0. The van der Waals surface area contributed by atoms with Crippen LogP contribution in [0.2, 0.25) is 0 Å². The van der Waals surface area contributed by atoms with Crippen molar-refractivity contribution in [2.24, 2.45) is 5.10 Å². The van der Waals surface area contributed by atoms with Gasteiger partial charge in [0.25, 0.3) is 0 Å². The second kappa shape index (κ2) is 4.58. The molecular formula is C9H20N4. The van der Waals surface area contributed by atoms with E-state index in [2.05, 4.69) is 29.2 Å². The molecule has 0 spiro atoms. The SMILES string of the molecule is CN(C)N=C1CCN(N(C)C)CC1. The summed E-state index contributed by atoms with van der Waals surface area (Å²) in [6.07, 6.45) is 2.19. The summed E-state index contributed by atoms with van der Waals surface area (Å²) in [5.41, 5.74) is 1.32. The summed E-state index contributed by atoms with van der Waals surface area (Å²) in [7, 11) is 8.14. The van der Waals surface area contributed by atoms with Crippen LogP contribution in [0.5, 0.6) is 0 Å². The van der Waals surface area contributed by atoms with E-state index in [1.165, 1.54) is 5.71 Å². The molecule has 1 aliphatic rings. The van der Waals surface area contributed by atoms with Crippen molar-refractivity contribution in [3.05, 3.63) is 0 Å². The van der Waals surface area contributed by atoms with Crippen LogP contribution in [0.25, 0.3) is 0 Å². The van der Waals surface area contributed by atoms with Gasteiger partial charge in [0, 0.05) is 59.8 Å². The quantitative estimate of drug-likeness (QED) is 0.583. The predicted octanol–water partition coefficient (Wildman–Crippen LogP) is 0.476. The molecule has 1 aliphatic heterocycles. The molecule has 76 valence electrons. The molecule has 1 saturated heterocycles.